The molecule has 1 fully saturated rings. The zero-order chi connectivity index (χ0) is 21.2. The van der Waals surface area contributed by atoms with Crippen molar-refractivity contribution in [2.75, 3.05) is 12.9 Å². The molecule has 2 aromatic carbocycles. The molecule has 0 unspecified atom stereocenters. The molecular formula is C21H23NO6S. The van der Waals surface area contributed by atoms with Gasteiger partial charge in [0.25, 0.3) is 0 Å². The second-order valence-corrected chi connectivity index (χ2v) is 7.85. The number of hydrogen-bond donors (Lipinski definition) is 5. The van der Waals surface area contributed by atoms with Crippen LogP contribution in [0.4, 0.5) is 0 Å². The lowest BCUT2D eigenvalue weighted by atomic mass is 9.86. The smallest absolute Gasteiger partial charge is 0.222 e. The first-order valence-electron chi connectivity index (χ1n) is 9.05. The number of thioether (sulfide) groups is 1. The summed E-state index contributed by atoms with van der Waals surface area (Å²) >= 11 is 1.62. The van der Waals surface area contributed by atoms with Gasteiger partial charge in [0.05, 0.1) is 18.2 Å². The van der Waals surface area contributed by atoms with Gasteiger partial charge in [-0.05, 0) is 48.1 Å². The van der Waals surface area contributed by atoms with Crippen LogP contribution in [0.1, 0.15) is 22.3 Å². The van der Waals surface area contributed by atoms with Crippen molar-refractivity contribution in [1.29, 1.82) is 5.26 Å². The second-order valence-electron chi connectivity index (χ2n) is 6.97. The largest absolute Gasteiger partial charge is 0.394 e. The first-order chi connectivity index (χ1) is 13.8. The topological polar surface area (TPSA) is 134 Å². The number of nitrogens with zero attached hydrogens (tertiary/aromatic N) is 1. The molecule has 1 aliphatic heterocycles. The zero-order valence-electron chi connectivity index (χ0n) is 15.8. The summed E-state index contributed by atoms with van der Waals surface area (Å²) in [5, 5.41) is 60.2. The third-order valence-corrected chi connectivity index (χ3v) is 5.90. The van der Waals surface area contributed by atoms with Gasteiger partial charge in [-0.2, -0.15) is 5.26 Å². The maximum atomic E-state index is 11.0. The first kappa shape index (κ1) is 21.7. The summed E-state index contributed by atoms with van der Waals surface area (Å²) in [6, 6.07) is 14.4. The van der Waals surface area contributed by atoms with Gasteiger partial charge in [-0.3, -0.25) is 0 Å². The molecule has 29 heavy (non-hydrogen) atoms. The van der Waals surface area contributed by atoms with Crippen molar-refractivity contribution in [2.45, 2.75) is 41.5 Å². The molecule has 0 spiro atoms. The molecule has 0 aliphatic carbocycles. The molecule has 5 atom stereocenters. The number of hydrogen-bond acceptors (Lipinski definition) is 8. The molecule has 7 nitrogen and oxygen atoms in total. The van der Waals surface area contributed by atoms with Crippen molar-refractivity contribution in [1.82, 2.24) is 0 Å². The van der Waals surface area contributed by atoms with Crippen LogP contribution in [0.15, 0.2) is 47.4 Å². The van der Waals surface area contributed by atoms with E-state index in [2.05, 4.69) is 6.07 Å². The maximum Gasteiger partial charge on any atom is 0.222 e. The van der Waals surface area contributed by atoms with E-state index in [4.69, 9.17) is 4.74 Å². The Bertz CT molecular complexity index is 897. The Hall–Kier alpha value is -1.96. The SMILES string of the molecule is CSc1ccc(Cc2cc([C@]3(O)O[C@H](CO)[C@@H](O)[C@H](O)[C@H]3O)ccc2C#N)cc1. The summed E-state index contributed by atoms with van der Waals surface area (Å²) in [6.07, 6.45) is -4.01. The van der Waals surface area contributed by atoms with Gasteiger partial charge in [-0.15, -0.1) is 11.8 Å². The minimum Gasteiger partial charge on any atom is -0.394 e. The van der Waals surface area contributed by atoms with Gasteiger partial charge in [0.1, 0.15) is 24.4 Å². The monoisotopic (exact) mass is 417 g/mol. The Morgan fingerprint density at radius 1 is 1.10 bits per heavy atom. The van der Waals surface area contributed by atoms with E-state index in [9.17, 15) is 30.8 Å². The average molecular weight is 417 g/mol. The van der Waals surface area contributed by atoms with E-state index in [0.29, 0.717) is 17.5 Å². The lowest BCUT2D eigenvalue weighted by Crippen LogP contribution is -2.63. The van der Waals surface area contributed by atoms with Crippen molar-refractivity contribution in [3.63, 3.8) is 0 Å². The van der Waals surface area contributed by atoms with Crippen LogP contribution in [0.3, 0.4) is 0 Å². The van der Waals surface area contributed by atoms with Crippen molar-refractivity contribution < 1.29 is 30.3 Å². The molecular weight excluding hydrogens is 394 g/mol. The minimum absolute atomic E-state index is 0.115. The number of rotatable bonds is 5. The lowest BCUT2D eigenvalue weighted by Gasteiger charge is -2.45. The summed E-state index contributed by atoms with van der Waals surface area (Å²) in [6.45, 7) is -0.655. The van der Waals surface area contributed by atoms with E-state index in [0.717, 1.165) is 10.5 Å². The van der Waals surface area contributed by atoms with E-state index in [-0.39, 0.29) is 5.56 Å². The maximum absolute atomic E-state index is 11.0. The quantitative estimate of drug-likeness (QED) is 0.444. The van der Waals surface area contributed by atoms with Gasteiger partial charge in [0.2, 0.25) is 5.79 Å². The summed E-state index contributed by atoms with van der Waals surface area (Å²) in [5.74, 6) is -2.35. The highest BCUT2D eigenvalue weighted by Gasteiger charge is 2.53. The van der Waals surface area contributed by atoms with E-state index < -0.39 is 36.8 Å². The van der Waals surface area contributed by atoms with Crippen LogP contribution >= 0.6 is 11.8 Å². The third-order valence-electron chi connectivity index (χ3n) is 5.16. The number of benzene rings is 2. The van der Waals surface area contributed by atoms with Crippen molar-refractivity contribution in [2.24, 2.45) is 0 Å². The Balaban J connectivity index is 1.97. The summed E-state index contributed by atoms with van der Waals surface area (Å²) in [7, 11) is 0. The number of ether oxygens (including phenoxy) is 1. The predicted molar refractivity (Wildman–Crippen MR) is 106 cm³/mol. The average Bonchev–Trinajstić information content (AvgIpc) is 2.75. The van der Waals surface area contributed by atoms with E-state index >= 15 is 0 Å². The molecule has 1 heterocycles. The first-order valence-corrected chi connectivity index (χ1v) is 10.3. The third kappa shape index (κ3) is 4.17. The summed E-state index contributed by atoms with van der Waals surface area (Å²) in [5.41, 5.74) is 2.07. The van der Waals surface area contributed by atoms with Crippen molar-refractivity contribution in [3.05, 3.63) is 64.7 Å². The van der Waals surface area contributed by atoms with Gasteiger partial charge >= 0.3 is 0 Å². The molecule has 3 rings (SSSR count). The molecule has 2 aromatic rings. The van der Waals surface area contributed by atoms with Gasteiger partial charge in [-0.25, -0.2) is 0 Å². The molecule has 0 radical (unpaired) electrons. The lowest BCUT2D eigenvalue weighted by molar-refractivity contribution is -0.357. The second kappa shape index (κ2) is 8.81. The molecule has 1 aliphatic rings. The fourth-order valence-corrected chi connectivity index (χ4v) is 3.84. The highest BCUT2D eigenvalue weighted by Crippen LogP contribution is 2.37. The Labute approximate surface area is 172 Å². The molecule has 5 N–H and O–H groups in total. The van der Waals surface area contributed by atoms with Gasteiger partial charge in [-0.1, -0.05) is 18.2 Å². The van der Waals surface area contributed by atoms with Crippen LogP contribution in [0, 0.1) is 11.3 Å². The molecule has 1 saturated heterocycles. The number of nitriles is 1. The molecule has 154 valence electrons. The standard InChI is InChI=1S/C21H23NO6S/c1-29-16-6-2-12(3-7-16)8-14-9-15(5-4-13(14)10-22)21(27)20(26)19(25)18(24)17(11-23)28-21/h2-7,9,17-20,23-27H,8,11H2,1H3/t17-,18-,19+,20-,21+/m1/s1. The van der Waals surface area contributed by atoms with Crippen LogP contribution in [-0.4, -0.2) is 62.8 Å². The Kier molecular flexibility index (Phi) is 6.61. The highest BCUT2D eigenvalue weighted by atomic mass is 32.2. The van der Waals surface area contributed by atoms with Gasteiger partial charge in [0.15, 0.2) is 0 Å². The Morgan fingerprint density at radius 2 is 1.79 bits per heavy atom. The summed E-state index contributed by atoms with van der Waals surface area (Å²) in [4.78, 5) is 1.11. The van der Waals surface area contributed by atoms with Crippen molar-refractivity contribution in [3.8, 4) is 6.07 Å². The predicted octanol–water partition coefficient (Wildman–Crippen LogP) is 0.490. The molecule has 0 saturated carbocycles. The van der Waals surface area contributed by atoms with Crippen LogP contribution in [0.25, 0.3) is 0 Å². The van der Waals surface area contributed by atoms with Gasteiger partial charge < -0.3 is 30.3 Å². The van der Waals surface area contributed by atoms with Crippen LogP contribution in [0.5, 0.6) is 0 Å². The molecule has 0 aromatic heterocycles. The molecule has 0 bridgehead atoms. The normalized spacial score (nSPS) is 29.4. The van der Waals surface area contributed by atoms with Crippen molar-refractivity contribution >= 4 is 11.8 Å². The summed E-state index contributed by atoms with van der Waals surface area (Å²) < 4.78 is 5.37. The van der Waals surface area contributed by atoms with E-state index in [1.54, 1.807) is 11.8 Å². The fraction of sp³-hybridized carbons (Fsp3) is 0.381. The Morgan fingerprint density at radius 3 is 2.38 bits per heavy atom. The van der Waals surface area contributed by atoms with E-state index in [1.807, 2.05) is 30.5 Å². The van der Waals surface area contributed by atoms with Crippen LogP contribution in [-0.2, 0) is 16.9 Å². The minimum atomic E-state index is -2.35. The van der Waals surface area contributed by atoms with Crippen LogP contribution in [0.2, 0.25) is 0 Å². The number of aliphatic hydroxyl groups is 5. The molecule has 0 amide bonds. The molecule has 8 heteroatoms. The zero-order valence-corrected chi connectivity index (χ0v) is 16.6. The van der Waals surface area contributed by atoms with E-state index in [1.165, 1.54) is 18.2 Å². The van der Waals surface area contributed by atoms with Crippen LogP contribution < -0.4 is 0 Å². The fourth-order valence-electron chi connectivity index (χ4n) is 3.43. The highest BCUT2D eigenvalue weighted by molar-refractivity contribution is 7.98. The number of aliphatic hydroxyl groups excluding tert-OH is 4. The van der Waals surface area contributed by atoms with Gasteiger partial charge in [0, 0.05) is 10.5 Å².